The molecular formula is C9H5ClO3. The van der Waals surface area contributed by atoms with Gasteiger partial charge in [0.15, 0.2) is 0 Å². The van der Waals surface area contributed by atoms with E-state index in [4.69, 9.17) is 21.1 Å². The van der Waals surface area contributed by atoms with Gasteiger partial charge in [-0.15, -0.1) is 0 Å². The average Bonchev–Trinajstić information content (AvgIpc) is 2.46. The molecule has 0 aliphatic rings. The number of aromatic carboxylic acids is 1. The van der Waals surface area contributed by atoms with Crippen molar-refractivity contribution >= 4 is 28.3 Å². The van der Waals surface area contributed by atoms with Crippen LogP contribution < -0.4 is 0 Å². The Labute approximate surface area is 78.5 Å². The minimum Gasteiger partial charge on any atom is -0.475 e. The largest absolute Gasteiger partial charge is 0.475 e. The summed E-state index contributed by atoms with van der Waals surface area (Å²) >= 11 is 5.72. The molecule has 1 aromatic carbocycles. The summed E-state index contributed by atoms with van der Waals surface area (Å²) in [5, 5.41) is 10.5. The summed E-state index contributed by atoms with van der Waals surface area (Å²) in [6.45, 7) is 0. The fraction of sp³-hybridized carbons (Fsp3) is 0. The zero-order valence-corrected chi connectivity index (χ0v) is 7.21. The second-order valence-corrected chi connectivity index (χ2v) is 3.04. The molecule has 0 fully saturated rings. The SMILES string of the molecule is O=C(O)c1occ2cc(Cl)ccc12. The van der Waals surface area contributed by atoms with Crippen LogP contribution in [0.15, 0.2) is 28.9 Å². The zero-order valence-electron chi connectivity index (χ0n) is 6.45. The molecule has 1 heterocycles. The number of carbonyl (C=O) groups is 1. The Morgan fingerprint density at radius 1 is 1.46 bits per heavy atom. The van der Waals surface area contributed by atoms with E-state index in [1.807, 2.05) is 0 Å². The van der Waals surface area contributed by atoms with E-state index in [0.717, 1.165) is 0 Å². The summed E-state index contributed by atoms with van der Waals surface area (Å²) in [5.41, 5.74) is 0. The summed E-state index contributed by atoms with van der Waals surface area (Å²) in [6.07, 6.45) is 1.38. The van der Waals surface area contributed by atoms with Crippen LogP contribution in [0.2, 0.25) is 5.02 Å². The van der Waals surface area contributed by atoms with Gasteiger partial charge in [0, 0.05) is 15.8 Å². The monoisotopic (exact) mass is 196 g/mol. The normalized spacial score (nSPS) is 10.5. The highest BCUT2D eigenvalue weighted by Gasteiger charge is 2.12. The van der Waals surface area contributed by atoms with Crippen molar-refractivity contribution in [3.05, 3.63) is 35.2 Å². The second kappa shape index (κ2) is 2.78. The molecule has 0 radical (unpaired) electrons. The van der Waals surface area contributed by atoms with Crippen LogP contribution in [0.25, 0.3) is 10.8 Å². The fourth-order valence-corrected chi connectivity index (χ4v) is 1.37. The van der Waals surface area contributed by atoms with Crippen LogP contribution in [-0.2, 0) is 0 Å². The number of hydrogen-bond donors (Lipinski definition) is 1. The molecule has 0 aliphatic heterocycles. The van der Waals surface area contributed by atoms with Crippen LogP contribution in [0.4, 0.5) is 0 Å². The van der Waals surface area contributed by atoms with E-state index in [0.29, 0.717) is 15.8 Å². The van der Waals surface area contributed by atoms with E-state index >= 15 is 0 Å². The number of carboxylic acid groups (broad SMARTS) is 1. The fourth-order valence-electron chi connectivity index (χ4n) is 1.19. The molecule has 0 aliphatic carbocycles. The number of halogens is 1. The molecule has 1 aromatic heterocycles. The quantitative estimate of drug-likeness (QED) is 0.763. The van der Waals surface area contributed by atoms with Gasteiger partial charge >= 0.3 is 5.97 Å². The third kappa shape index (κ3) is 1.27. The average molecular weight is 197 g/mol. The highest BCUT2D eigenvalue weighted by Crippen LogP contribution is 2.24. The lowest BCUT2D eigenvalue weighted by molar-refractivity contribution is 0.0665. The maximum Gasteiger partial charge on any atom is 0.372 e. The van der Waals surface area contributed by atoms with Gasteiger partial charge in [-0.05, 0) is 18.2 Å². The third-order valence-corrected chi connectivity index (χ3v) is 1.99. The van der Waals surface area contributed by atoms with Crippen LogP contribution in [-0.4, -0.2) is 11.1 Å². The van der Waals surface area contributed by atoms with Crippen molar-refractivity contribution in [1.82, 2.24) is 0 Å². The van der Waals surface area contributed by atoms with Crippen molar-refractivity contribution in [2.45, 2.75) is 0 Å². The van der Waals surface area contributed by atoms with Crippen LogP contribution in [0.3, 0.4) is 0 Å². The summed E-state index contributed by atoms with van der Waals surface area (Å²) in [7, 11) is 0. The molecule has 13 heavy (non-hydrogen) atoms. The topological polar surface area (TPSA) is 50.4 Å². The molecule has 0 spiro atoms. The summed E-state index contributed by atoms with van der Waals surface area (Å²) in [5.74, 6) is -1.12. The van der Waals surface area contributed by atoms with Crippen LogP contribution in [0, 0.1) is 0 Å². The lowest BCUT2D eigenvalue weighted by Gasteiger charge is -1.90. The Morgan fingerprint density at radius 3 is 2.92 bits per heavy atom. The van der Waals surface area contributed by atoms with Gasteiger partial charge < -0.3 is 9.52 Å². The molecule has 0 unspecified atom stereocenters. The van der Waals surface area contributed by atoms with E-state index in [9.17, 15) is 4.79 Å². The molecule has 0 saturated heterocycles. The first-order chi connectivity index (χ1) is 6.18. The Balaban J connectivity index is 2.76. The van der Waals surface area contributed by atoms with Crippen molar-refractivity contribution in [2.75, 3.05) is 0 Å². The maximum absolute atomic E-state index is 10.6. The highest BCUT2D eigenvalue weighted by atomic mass is 35.5. The number of rotatable bonds is 1. The zero-order chi connectivity index (χ0) is 9.42. The lowest BCUT2D eigenvalue weighted by Crippen LogP contribution is -1.92. The lowest BCUT2D eigenvalue weighted by atomic mass is 10.2. The first kappa shape index (κ1) is 8.13. The molecule has 3 nitrogen and oxygen atoms in total. The molecule has 66 valence electrons. The molecule has 2 aromatic rings. The van der Waals surface area contributed by atoms with Crippen molar-refractivity contribution in [1.29, 1.82) is 0 Å². The molecule has 4 heteroatoms. The first-order valence-corrected chi connectivity index (χ1v) is 3.96. The van der Waals surface area contributed by atoms with Crippen molar-refractivity contribution < 1.29 is 14.3 Å². The molecule has 0 saturated carbocycles. The first-order valence-electron chi connectivity index (χ1n) is 3.58. The summed E-state index contributed by atoms with van der Waals surface area (Å²) < 4.78 is 4.87. The standard InChI is InChI=1S/C9H5ClO3/c10-6-1-2-7-5(3-6)4-13-8(7)9(11)12/h1-4H,(H,11,12). The van der Waals surface area contributed by atoms with Crippen LogP contribution in [0.1, 0.15) is 10.6 Å². The highest BCUT2D eigenvalue weighted by molar-refractivity contribution is 6.31. The van der Waals surface area contributed by atoms with Gasteiger partial charge in [-0.2, -0.15) is 0 Å². The number of hydrogen-bond acceptors (Lipinski definition) is 2. The van der Waals surface area contributed by atoms with Crippen molar-refractivity contribution in [3.63, 3.8) is 0 Å². The van der Waals surface area contributed by atoms with E-state index in [1.165, 1.54) is 6.26 Å². The van der Waals surface area contributed by atoms with E-state index in [-0.39, 0.29) is 5.76 Å². The molecule has 2 rings (SSSR count). The smallest absolute Gasteiger partial charge is 0.372 e. The van der Waals surface area contributed by atoms with Gasteiger partial charge in [-0.1, -0.05) is 11.6 Å². The van der Waals surface area contributed by atoms with Gasteiger partial charge in [0.1, 0.15) is 0 Å². The van der Waals surface area contributed by atoms with E-state index in [1.54, 1.807) is 18.2 Å². The van der Waals surface area contributed by atoms with Crippen molar-refractivity contribution in [3.8, 4) is 0 Å². The van der Waals surface area contributed by atoms with E-state index < -0.39 is 5.97 Å². The predicted octanol–water partition coefficient (Wildman–Crippen LogP) is 2.78. The number of benzene rings is 1. The third-order valence-electron chi connectivity index (χ3n) is 1.76. The van der Waals surface area contributed by atoms with Crippen molar-refractivity contribution in [2.24, 2.45) is 0 Å². The van der Waals surface area contributed by atoms with Gasteiger partial charge in [0.05, 0.1) is 6.26 Å². The second-order valence-electron chi connectivity index (χ2n) is 2.60. The van der Waals surface area contributed by atoms with Crippen LogP contribution in [0.5, 0.6) is 0 Å². The number of furan rings is 1. The molecule has 1 N–H and O–H groups in total. The predicted molar refractivity (Wildman–Crippen MR) is 48.2 cm³/mol. The number of carboxylic acids is 1. The maximum atomic E-state index is 10.6. The van der Waals surface area contributed by atoms with Crippen LogP contribution >= 0.6 is 11.6 Å². The van der Waals surface area contributed by atoms with Gasteiger partial charge in [-0.3, -0.25) is 0 Å². The number of fused-ring (bicyclic) bond motifs is 1. The van der Waals surface area contributed by atoms with E-state index in [2.05, 4.69) is 0 Å². The minimum atomic E-state index is -1.07. The summed E-state index contributed by atoms with van der Waals surface area (Å²) in [6, 6.07) is 4.92. The van der Waals surface area contributed by atoms with Gasteiger partial charge in [-0.25, -0.2) is 4.79 Å². The molecule has 0 bridgehead atoms. The Hall–Kier alpha value is -1.48. The molecule has 0 atom stereocenters. The van der Waals surface area contributed by atoms with Gasteiger partial charge in [0.25, 0.3) is 0 Å². The molecule has 0 amide bonds. The van der Waals surface area contributed by atoms with Gasteiger partial charge in [0.2, 0.25) is 5.76 Å². The minimum absolute atomic E-state index is 0.0494. The Morgan fingerprint density at radius 2 is 2.23 bits per heavy atom. The summed E-state index contributed by atoms with van der Waals surface area (Å²) in [4.78, 5) is 10.6. The Bertz CT molecular complexity index is 473. The molecular weight excluding hydrogens is 192 g/mol. The Kier molecular flexibility index (Phi) is 1.74.